The molecule has 1 saturated heterocycles. The Kier molecular flexibility index (Phi) is 5.07. The molecule has 2 aromatic carbocycles. The molecule has 3 heterocycles. The summed E-state index contributed by atoms with van der Waals surface area (Å²) in [6, 6.07) is 18.6. The fourth-order valence-electron chi connectivity index (χ4n) is 5.29. The van der Waals surface area contributed by atoms with Crippen LogP contribution in [0.25, 0.3) is 16.6 Å². The largest absolute Gasteiger partial charge is 0.350 e. The van der Waals surface area contributed by atoms with Crippen LogP contribution in [0.4, 0.5) is 5.69 Å². The summed E-state index contributed by atoms with van der Waals surface area (Å²) in [4.78, 5) is 39.8. The number of aryl methyl sites for hydroxylation is 1. The van der Waals surface area contributed by atoms with Gasteiger partial charge in [0, 0.05) is 36.3 Å². The molecule has 2 fully saturated rings. The molecular weight excluding hydrogens is 454 g/mol. The number of fused-ring (bicyclic) bond motifs is 1. The van der Waals surface area contributed by atoms with Crippen molar-refractivity contribution < 1.29 is 9.59 Å². The molecule has 8 heteroatoms. The molecule has 2 atom stereocenters. The molecule has 36 heavy (non-hydrogen) atoms. The third-order valence-corrected chi connectivity index (χ3v) is 7.52. The van der Waals surface area contributed by atoms with Crippen LogP contribution in [0, 0.1) is 5.92 Å². The second kappa shape index (κ2) is 8.19. The second-order valence-electron chi connectivity index (χ2n) is 9.92. The first-order chi connectivity index (χ1) is 17.4. The number of anilines is 1. The highest BCUT2D eigenvalue weighted by atomic mass is 16.2. The number of hydrogen-bond acceptors (Lipinski definition) is 4. The first-order valence-corrected chi connectivity index (χ1v) is 12.2. The van der Waals surface area contributed by atoms with Crippen LogP contribution in [0.5, 0.6) is 0 Å². The number of carbonyl (C=O) groups excluding carboxylic acids is 2. The Bertz CT molecular complexity index is 1550. The Morgan fingerprint density at radius 2 is 1.78 bits per heavy atom. The molecule has 0 bridgehead atoms. The first kappa shape index (κ1) is 22.3. The zero-order valence-electron chi connectivity index (χ0n) is 20.2. The predicted molar refractivity (Wildman–Crippen MR) is 137 cm³/mol. The van der Waals surface area contributed by atoms with Gasteiger partial charge in [0.25, 0.3) is 0 Å². The molecule has 2 aromatic heterocycles. The number of amides is 2. The molecule has 1 N–H and O–H groups in total. The summed E-state index contributed by atoms with van der Waals surface area (Å²) >= 11 is 0. The van der Waals surface area contributed by atoms with Gasteiger partial charge in [0.1, 0.15) is 0 Å². The standard InChI is InChI=1S/C28H27N5O3/c1-28(20-6-4-3-5-7-20)24(30-27(36)18-8-9-18)15-26(35)32(28)21-10-12-23-19(14-21)16-29-33(23)22-11-13-25(34)31(2)17-22/h3-7,10-14,16-18,24H,8-9,15H2,1-2H3,(H,30,36). The van der Waals surface area contributed by atoms with Crippen molar-refractivity contribution in [3.8, 4) is 5.69 Å². The van der Waals surface area contributed by atoms with Gasteiger partial charge in [-0.3, -0.25) is 14.4 Å². The van der Waals surface area contributed by atoms with E-state index in [0.717, 1.165) is 40.7 Å². The molecule has 1 saturated carbocycles. The summed E-state index contributed by atoms with van der Waals surface area (Å²) in [5, 5.41) is 8.60. The van der Waals surface area contributed by atoms with Crippen LogP contribution >= 0.6 is 0 Å². The van der Waals surface area contributed by atoms with Crippen LogP contribution < -0.4 is 15.8 Å². The van der Waals surface area contributed by atoms with Gasteiger partial charge in [0.2, 0.25) is 17.4 Å². The molecule has 1 aliphatic carbocycles. The normalized spacial score (nSPS) is 21.8. The van der Waals surface area contributed by atoms with Gasteiger partial charge >= 0.3 is 0 Å². The van der Waals surface area contributed by atoms with Crippen molar-refractivity contribution in [3.05, 3.63) is 89.0 Å². The zero-order valence-corrected chi connectivity index (χ0v) is 20.2. The Morgan fingerprint density at radius 1 is 1.03 bits per heavy atom. The zero-order chi connectivity index (χ0) is 25.0. The Labute approximate surface area is 208 Å². The molecule has 8 nitrogen and oxygen atoms in total. The van der Waals surface area contributed by atoms with E-state index in [2.05, 4.69) is 10.4 Å². The fraction of sp³-hybridized carbons (Fsp3) is 0.286. The van der Waals surface area contributed by atoms with Gasteiger partial charge in [-0.15, -0.1) is 0 Å². The number of rotatable bonds is 5. The molecular formula is C28H27N5O3. The SMILES string of the molecule is Cn1cc(-n2ncc3cc(N4C(=O)CC(NC(=O)C5CC5)C4(C)c4ccccc4)ccc32)ccc1=O. The lowest BCUT2D eigenvalue weighted by Crippen LogP contribution is -2.53. The number of benzene rings is 2. The minimum Gasteiger partial charge on any atom is -0.350 e. The van der Waals surface area contributed by atoms with Crippen LogP contribution in [0.1, 0.15) is 31.7 Å². The van der Waals surface area contributed by atoms with Gasteiger partial charge in [-0.1, -0.05) is 30.3 Å². The smallest absolute Gasteiger partial charge is 0.250 e. The van der Waals surface area contributed by atoms with Crippen molar-refractivity contribution >= 4 is 28.4 Å². The van der Waals surface area contributed by atoms with Gasteiger partial charge in [-0.05, 0) is 49.6 Å². The highest BCUT2D eigenvalue weighted by Crippen LogP contribution is 2.44. The lowest BCUT2D eigenvalue weighted by atomic mass is 9.84. The minimum atomic E-state index is -0.746. The van der Waals surface area contributed by atoms with E-state index >= 15 is 0 Å². The van der Waals surface area contributed by atoms with Crippen molar-refractivity contribution in [2.75, 3.05) is 4.90 Å². The van der Waals surface area contributed by atoms with E-state index in [0.29, 0.717) is 0 Å². The lowest BCUT2D eigenvalue weighted by molar-refractivity contribution is -0.123. The van der Waals surface area contributed by atoms with E-state index in [-0.39, 0.29) is 35.8 Å². The summed E-state index contributed by atoms with van der Waals surface area (Å²) in [7, 11) is 1.71. The molecule has 2 aliphatic rings. The van der Waals surface area contributed by atoms with Gasteiger partial charge in [0.15, 0.2) is 0 Å². The van der Waals surface area contributed by atoms with Crippen LogP contribution in [0.2, 0.25) is 0 Å². The first-order valence-electron chi connectivity index (χ1n) is 12.2. The number of carbonyl (C=O) groups is 2. The van der Waals surface area contributed by atoms with E-state index in [4.69, 9.17) is 0 Å². The molecule has 6 rings (SSSR count). The number of nitrogens with zero attached hydrogens (tertiary/aromatic N) is 4. The molecule has 2 amide bonds. The topological polar surface area (TPSA) is 89.2 Å². The summed E-state index contributed by atoms with van der Waals surface area (Å²) in [6.07, 6.45) is 5.56. The average Bonchev–Trinajstić information content (AvgIpc) is 3.60. The second-order valence-corrected chi connectivity index (χ2v) is 9.92. The highest BCUT2D eigenvalue weighted by Gasteiger charge is 2.52. The van der Waals surface area contributed by atoms with Gasteiger partial charge in [-0.2, -0.15) is 5.10 Å². The third kappa shape index (κ3) is 3.52. The average molecular weight is 482 g/mol. The van der Waals surface area contributed by atoms with E-state index in [1.165, 1.54) is 10.6 Å². The number of hydrogen-bond donors (Lipinski definition) is 1. The number of pyridine rings is 1. The molecule has 2 unspecified atom stereocenters. The van der Waals surface area contributed by atoms with E-state index in [1.807, 2.05) is 60.4 Å². The van der Waals surface area contributed by atoms with Crippen molar-refractivity contribution in [2.45, 2.75) is 37.8 Å². The fourth-order valence-corrected chi connectivity index (χ4v) is 5.29. The quantitative estimate of drug-likeness (QED) is 0.474. The van der Waals surface area contributed by atoms with E-state index in [1.54, 1.807) is 30.2 Å². The summed E-state index contributed by atoms with van der Waals surface area (Å²) in [5.74, 6) is 0.0619. The molecule has 1 aliphatic heterocycles. The Hall–Kier alpha value is -4.20. The summed E-state index contributed by atoms with van der Waals surface area (Å²) < 4.78 is 3.29. The van der Waals surface area contributed by atoms with Crippen molar-refractivity contribution in [1.82, 2.24) is 19.7 Å². The predicted octanol–water partition coefficient (Wildman–Crippen LogP) is 3.27. The third-order valence-electron chi connectivity index (χ3n) is 7.52. The number of aromatic nitrogens is 3. The summed E-state index contributed by atoms with van der Waals surface area (Å²) in [5.41, 5.74) is 2.52. The van der Waals surface area contributed by atoms with Gasteiger partial charge in [0.05, 0.1) is 35.4 Å². The maximum absolute atomic E-state index is 13.5. The van der Waals surface area contributed by atoms with Crippen LogP contribution in [-0.4, -0.2) is 32.2 Å². The Morgan fingerprint density at radius 3 is 2.50 bits per heavy atom. The van der Waals surface area contributed by atoms with Crippen molar-refractivity contribution in [1.29, 1.82) is 0 Å². The van der Waals surface area contributed by atoms with Crippen LogP contribution in [-0.2, 0) is 22.2 Å². The van der Waals surface area contributed by atoms with Gasteiger partial charge in [-0.25, -0.2) is 4.68 Å². The maximum Gasteiger partial charge on any atom is 0.250 e. The van der Waals surface area contributed by atoms with E-state index in [9.17, 15) is 14.4 Å². The van der Waals surface area contributed by atoms with Crippen LogP contribution in [0.15, 0.2) is 77.9 Å². The van der Waals surface area contributed by atoms with Crippen LogP contribution in [0.3, 0.4) is 0 Å². The molecule has 0 radical (unpaired) electrons. The lowest BCUT2D eigenvalue weighted by Gasteiger charge is -2.40. The molecule has 4 aromatic rings. The monoisotopic (exact) mass is 481 g/mol. The minimum absolute atomic E-state index is 0.0331. The highest BCUT2D eigenvalue weighted by molar-refractivity contribution is 6.01. The number of nitrogens with one attached hydrogen (secondary N) is 1. The summed E-state index contributed by atoms with van der Waals surface area (Å²) in [6.45, 7) is 2.03. The molecule has 182 valence electrons. The molecule has 0 spiro atoms. The van der Waals surface area contributed by atoms with E-state index < -0.39 is 5.54 Å². The van der Waals surface area contributed by atoms with Gasteiger partial charge < -0.3 is 14.8 Å². The Balaban J connectivity index is 1.42. The van der Waals surface area contributed by atoms with Crippen molar-refractivity contribution in [2.24, 2.45) is 13.0 Å². The maximum atomic E-state index is 13.5. The van der Waals surface area contributed by atoms with Crippen molar-refractivity contribution in [3.63, 3.8) is 0 Å².